The number of nitrogens with zero attached hydrogens (tertiary/aromatic N) is 4. The van der Waals surface area contributed by atoms with Gasteiger partial charge in [-0.25, -0.2) is 4.98 Å². The second-order valence-corrected chi connectivity index (χ2v) is 5.38. The van der Waals surface area contributed by atoms with Crippen LogP contribution in [0, 0.1) is 0 Å². The van der Waals surface area contributed by atoms with Gasteiger partial charge in [-0.2, -0.15) is 4.98 Å². The Kier molecular flexibility index (Phi) is 5.55. The third-order valence-electron chi connectivity index (χ3n) is 3.80. The predicted molar refractivity (Wildman–Crippen MR) is 82.9 cm³/mol. The van der Waals surface area contributed by atoms with Crippen LogP contribution in [0.15, 0.2) is 6.20 Å². The Morgan fingerprint density at radius 2 is 2.05 bits per heavy atom. The van der Waals surface area contributed by atoms with Gasteiger partial charge in [-0.15, -0.1) is 0 Å². The molecule has 0 aromatic carbocycles. The van der Waals surface area contributed by atoms with Gasteiger partial charge in [0.15, 0.2) is 0 Å². The fourth-order valence-electron chi connectivity index (χ4n) is 2.41. The fraction of sp³-hybridized carbons (Fsp3) is 0.714. The molecule has 1 saturated heterocycles. The normalized spacial score (nSPS) is 17.3. The summed E-state index contributed by atoms with van der Waals surface area (Å²) in [6.45, 7) is 8.88. The van der Waals surface area contributed by atoms with E-state index in [0.29, 0.717) is 5.95 Å². The standard InChI is InChI=1S/C14H26N6/c1-3-12-11-17-14(15)18-13(12)16-5-4-6-20-9-7-19(2)8-10-20/h11H,3-10H2,1-2H3,(H3,15,16,17,18). The lowest BCUT2D eigenvalue weighted by Crippen LogP contribution is -2.44. The van der Waals surface area contributed by atoms with Crippen molar-refractivity contribution in [2.45, 2.75) is 19.8 Å². The lowest BCUT2D eigenvalue weighted by atomic mass is 10.2. The molecule has 3 N–H and O–H groups in total. The van der Waals surface area contributed by atoms with E-state index in [1.165, 1.54) is 26.2 Å². The number of likely N-dealkylation sites (N-methyl/N-ethyl adjacent to an activating group) is 1. The number of aryl methyl sites for hydroxylation is 1. The van der Waals surface area contributed by atoms with Crippen LogP contribution in [0.25, 0.3) is 0 Å². The Hall–Kier alpha value is -1.40. The first-order valence-corrected chi connectivity index (χ1v) is 7.45. The minimum absolute atomic E-state index is 0.337. The van der Waals surface area contributed by atoms with Gasteiger partial charge in [-0.3, -0.25) is 0 Å². The maximum atomic E-state index is 5.64. The predicted octanol–water partition coefficient (Wildman–Crippen LogP) is 0.671. The van der Waals surface area contributed by atoms with E-state index in [2.05, 4.69) is 39.1 Å². The molecule has 112 valence electrons. The van der Waals surface area contributed by atoms with Crippen molar-refractivity contribution in [1.82, 2.24) is 19.8 Å². The SMILES string of the molecule is CCc1cnc(N)nc1NCCCN1CCN(C)CC1. The molecule has 0 aliphatic carbocycles. The number of aromatic nitrogens is 2. The van der Waals surface area contributed by atoms with Gasteiger partial charge in [0, 0.05) is 44.5 Å². The maximum Gasteiger partial charge on any atom is 0.221 e. The second-order valence-electron chi connectivity index (χ2n) is 5.38. The summed E-state index contributed by atoms with van der Waals surface area (Å²) in [5.41, 5.74) is 6.77. The highest BCUT2D eigenvalue weighted by Gasteiger charge is 2.12. The number of anilines is 2. The van der Waals surface area contributed by atoms with Gasteiger partial charge >= 0.3 is 0 Å². The molecular formula is C14H26N6. The lowest BCUT2D eigenvalue weighted by Gasteiger charge is -2.32. The Labute approximate surface area is 121 Å². The maximum absolute atomic E-state index is 5.64. The molecule has 2 heterocycles. The highest BCUT2D eigenvalue weighted by atomic mass is 15.2. The van der Waals surface area contributed by atoms with Gasteiger partial charge in [0.1, 0.15) is 5.82 Å². The largest absolute Gasteiger partial charge is 0.370 e. The zero-order chi connectivity index (χ0) is 14.4. The summed E-state index contributed by atoms with van der Waals surface area (Å²) in [5.74, 6) is 1.22. The smallest absolute Gasteiger partial charge is 0.221 e. The summed E-state index contributed by atoms with van der Waals surface area (Å²) < 4.78 is 0. The number of rotatable bonds is 6. The van der Waals surface area contributed by atoms with Crippen LogP contribution < -0.4 is 11.1 Å². The van der Waals surface area contributed by atoms with Crippen LogP contribution in [0.1, 0.15) is 18.9 Å². The van der Waals surface area contributed by atoms with E-state index in [-0.39, 0.29) is 0 Å². The van der Waals surface area contributed by atoms with Crippen molar-refractivity contribution in [2.24, 2.45) is 0 Å². The van der Waals surface area contributed by atoms with Gasteiger partial charge in [0.05, 0.1) is 0 Å². The summed E-state index contributed by atoms with van der Waals surface area (Å²) in [6, 6.07) is 0. The fourth-order valence-corrected chi connectivity index (χ4v) is 2.41. The number of nitrogens with one attached hydrogen (secondary N) is 1. The molecule has 0 spiro atoms. The molecule has 2 rings (SSSR count). The molecule has 1 aromatic heterocycles. The van der Waals surface area contributed by atoms with Crippen molar-refractivity contribution in [1.29, 1.82) is 0 Å². The van der Waals surface area contributed by atoms with E-state index >= 15 is 0 Å². The third-order valence-corrected chi connectivity index (χ3v) is 3.80. The number of nitrogen functional groups attached to an aromatic ring is 1. The van der Waals surface area contributed by atoms with Gasteiger partial charge in [-0.05, 0) is 26.4 Å². The van der Waals surface area contributed by atoms with E-state index in [1.54, 1.807) is 0 Å². The molecular weight excluding hydrogens is 252 g/mol. The Balaban J connectivity index is 1.72. The van der Waals surface area contributed by atoms with Crippen LogP contribution in [-0.2, 0) is 6.42 Å². The van der Waals surface area contributed by atoms with Crippen molar-refractivity contribution in [3.8, 4) is 0 Å². The molecule has 0 unspecified atom stereocenters. The minimum atomic E-state index is 0.337. The second kappa shape index (κ2) is 7.40. The highest BCUT2D eigenvalue weighted by molar-refractivity contribution is 5.45. The molecule has 6 heteroatoms. The number of nitrogens with two attached hydrogens (primary N) is 1. The number of piperazine rings is 1. The van der Waals surface area contributed by atoms with Crippen LogP contribution in [0.5, 0.6) is 0 Å². The van der Waals surface area contributed by atoms with Crippen molar-refractivity contribution in [2.75, 3.05) is 57.4 Å². The average molecular weight is 278 g/mol. The van der Waals surface area contributed by atoms with Crippen LogP contribution >= 0.6 is 0 Å². The molecule has 20 heavy (non-hydrogen) atoms. The zero-order valence-electron chi connectivity index (χ0n) is 12.6. The van der Waals surface area contributed by atoms with Gasteiger partial charge in [0.2, 0.25) is 5.95 Å². The quantitative estimate of drug-likeness (QED) is 0.745. The number of hydrogen-bond acceptors (Lipinski definition) is 6. The molecule has 0 bridgehead atoms. The molecule has 1 fully saturated rings. The number of hydrogen-bond donors (Lipinski definition) is 2. The van der Waals surface area contributed by atoms with Crippen molar-refractivity contribution >= 4 is 11.8 Å². The average Bonchev–Trinajstić information content (AvgIpc) is 2.46. The van der Waals surface area contributed by atoms with Gasteiger partial charge in [-0.1, -0.05) is 6.92 Å². The van der Waals surface area contributed by atoms with E-state index in [9.17, 15) is 0 Å². The summed E-state index contributed by atoms with van der Waals surface area (Å²) in [7, 11) is 2.19. The molecule has 0 radical (unpaired) electrons. The lowest BCUT2D eigenvalue weighted by molar-refractivity contribution is 0.154. The molecule has 1 aliphatic heterocycles. The first kappa shape index (κ1) is 15.0. The summed E-state index contributed by atoms with van der Waals surface area (Å²) in [5, 5.41) is 3.39. The van der Waals surface area contributed by atoms with E-state index < -0.39 is 0 Å². The van der Waals surface area contributed by atoms with E-state index in [4.69, 9.17) is 5.73 Å². The van der Waals surface area contributed by atoms with E-state index in [1.807, 2.05) is 6.20 Å². The van der Waals surface area contributed by atoms with Gasteiger partial charge < -0.3 is 20.9 Å². The molecule has 1 aliphatic rings. The van der Waals surface area contributed by atoms with Crippen molar-refractivity contribution < 1.29 is 0 Å². The van der Waals surface area contributed by atoms with Crippen molar-refractivity contribution in [3.63, 3.8) is 0 Å². The summed E-state index contributed by atoms with van der Waals surface area (Å²) in [4.78, 5) is 13.2. The molecule has 6 nitrogen and oxygen atoms in total. The summed E-state index contributed by atoms with van der Waals surface area (Å²) in [6.07, 6.45) is 3.85. The molecule has 0 amide bonds. The topological polar surface area (TPSA) is 70.3 Å². The first-order chi connectivity index (χ1) is 9.69. The monoisotopic (exact) mass is 278 g/mol. The van der Waals surface area contributed by atoms with E-state index in [0.717, 1.165) is 37.3 Å². The Morgan fingerprint density at radius 1 is 1.30 bits per heavy atom. The molecule has 0 atom stereocenters. The minimum Gasteiger partial charge on any atom is -0.370 e. The zero-order valence-corrected chi connectivity index (χ0v) is 12.6. The highest BCUT2D eigenvalue weighted by Crippen LogP contribution is 2.13. The van der Waals surface area contributed by atoms with Crippen molar-refractivity contribution in [3.05, 3.63) is 11.8 Å². The first-order valence-electron chi connectivity index (χ1n) is 7.45. The summed E-state index contributed by atoms with van der Waals surface area (Å²) >= 11 is 0. The van der Waals surface area contributed by atoms with Crippen LogP contribution in [0.2, 0.25) is 0 Å². The van der Waals surface area contributed by atoms with Gasteiger partial charge in [0.25, 0.3) is 0 Å². The van der Waals surface area contributed by atoms with Crippen LogP contribution in [0.3, 0.4) is 0 Å². The molecule has 1 aromatic rings. The Bertz CT molecular complexity index is 414. The van der Waals surface area contributed by atoms with Crippen LogP contribution in [-0.4, -0.2) is 66.1 Å². The third kappa shape index (κ3) is 4.31. The Morgan fingerprint density at radius 3 is 2.75 bits per heavy atom. The molecule has 0 saturated carbocycles. The van der Waals surface area contributed by atoms with Crippen LogP contribution in [0.4, 0.5) is 11.8 Å².